The van der Waals surface area contributed by atoms with Gasteiger partial charge in [-0.25, -0.2) is 4.79 Å². The van der Waals surface area contributed by atoms with Crippen LogP contribution in [0.5, 0.6) is 0 Å². The number of rotatable bonds is 1. The molecule has 2 rings (SSSR count). The first-order valence-electron chi connectivity index (χ1n) is 3.99. The minimum atomic E-state index is -0.369. The van der Waals surface area contributed by atoms with E-state index in [1.807, 2.05) is 12.1 Å². The molecule has 1 heterocycles. The average Bonchev–Trinajstić information content (AvgIpc) is 2.15. The maximum atomic E-state index is 11.1. The molecule has 2 nitrogen and oxygen atoms in total. The smallest absolute Gasteiger partial charge is 0.336 e. The molecule has 0 unspecified atom stereocenters. The Morgan fingerprint density at radius 2 is 2.14 bits per heavy atom. The van der Waals surface area contributed by atoms with Gasteiger partial charge >= 0.3 is 5.63 Å². The van der Waals surface area contributed by atoms with E-state index in [-0.39, 0.29) is 5.63 Å². The number of halogens is 2. The first kappa shape index (κ1) is 9.74. The van der Waals surface area contributed by atoms with Crippen LogP contribution in [0.15, 0.2) is 37.9 Å². The lowest BCUT2D eigenvalue weighted by molar-refractivity contribution is 0.559. The first-order chi connectivity index (χ1) is 6.70. The van der Waals surface area contributed by atoms with Crippen LogP contribution in [-0.4, -0.2) is 0 Å². The summed E-state index contributed by atoms with van der Waals surface area (Å²) in [4.78, 5) is 11.1. The molecule has 0 saturated heterocycles. The predicted molar refractivity (Wildman–Crippen MR) is 59.7 cm³/mol. The monoisotopic (exact) mass is 272 g/mol. The normalized spacial score (nSPS) is 10.7. The van der Waals surface area contributed by atoms with Gasteiger partial charge in [0.05, 0.1) is 0 Å². The zero-order valence-electron chi connectivity index (χ0n) is 7.09. The Balaban J connectivity index is 2.87. The molecular weight excluding hydrogens is 267 g/mol. The van der Waals surface area contributed by atoms with E-state index in [1.54, 1.807) is 6.07 Å². The van der Waals surface area contributed by atoms with Crippen LogP contribution in [-0.2, 0) is 5.88 Å². The van der Waals surface area contributed by atoms with Gasteiger partial charge in [0.25, 0.3) is 0 Å². The molecule has 0 saturated carbocycles. The number of hydrogen-bond acceptors (Lipinski definition) is 2. The van der Waals surface area contributed by atoms with Crippen molar-refractivity contribution in [1.82, 2.24) is 0 Å². The summed E-state index contributed by atoms with van der Waals surface area (Å²) in [6.45, 7) is 0. The van der Waals surface area contributed by atoms with E-state index in [9.17, 15) is 4.79 Å². The molecule has 0 fully saturated rings. The Hall–Kier alpha value is -0.800. The van der Waals surface area contributed by atoms with Gasteiger partial charge in [-0.05, 0) is 23.8 Å². The summed E-state index contributed by atoms with van der Waals surface area (Å²) in [5.74, 6) is 0.309. The number of benzene rings is 1. The lowest BCUT2D eigenvalue weighted by Crippen LogP contribution is -1.99. The van der Waals surface area contributed by atoms with Crippen molar-refractivity contribution in [3.8, 4) is 0 Å². The first-order valence-corrected chi connectivity index (χ1v) is 5.32. The summed E-state index contributed by atoms with van der Waals surface area (Å²) < 4.78 is 5.92. The summed E-state index contributed by atoms with van der Waals surface area (Å²) in [7, 11) is 0. The van der Waals surface area contributed by atoms with Crippen LogP contribution in [0, 0.1) is 0 Å². The summed E-state index contributed by atoms with van der Waals surface area (Å²) in [5.41, 5.74) is 0.985. The van der Waals surface area contributed by atoms with E-state index in [0.29, 0.717) is 11.5 Å². The highest BCUT2D eigenvalue weighted by Crippen LogP contribution is 2.22. The molecule has 72 valence electrons. The largest absolute Gasteiger partial charge is 0.423 e. The molecule has 0 aliphatic rings. The summed E-state index contributed by atoms with van der Waals surface area (Å²) in [5, 5.41) is 0.878. The standard InChI is InChI=1S/C10H6BrClO2/c11-7-1-2-8-6(5-12)3-10(13)14-9(8)4-7/h1-4H,5H2. The van der Waals surface area contributed by atoms with Gasteiger partial charge < -0.3 is 4.42 Å². The fraction of sp³-hybridized carbons (Fsp3) is 0.100. The molecular formula is C10H6BrClO2. The minimum Gasteiger partial charge on any atom is -0.423 e. The van der Waals surface area contributed by atoms with Crippen molar-refractivity contribution in [3.63, 3.8) is 0 Å². The van der Waals surface area contributed by atoms with Crippen molar-refractivity contribution < 1.29 is 4.42 Å². The molecule has 0 N–H and O–H groups in total. The van der Waals surface area contributed by atoms with Crippen LogP contribution in [0.25, 0.3) is 11.0 Å². The number of fused-ring (bicyclic) bond motifs is 1. The molecule has 0 aliphatic heterocycles. The van der Waals surface area contributed by atoms with Crippen molar-refractivity contribution in [2.75, 3.05) is 0 Å². The quantitative estimate of drug-likeness (QED) is 0.589. The SMILES string of the molecule is O=c1cc(CCl)c2ccc(Br)cc2o1. The van der Waals surface area contributed by atoms with Crippen molar-refractivity contribution in [2.24, 2.45) is 0 Å². The Labute approximate surface area is 93.6 Å². The van der Waals surface area contributed by atoms with Crippen LogP contribution in [0.1, 0.15) is 5.56 Å². The molecule has 0 spiro atoms. The van der Waals surface area contributed by atoms with E-state index in [1.165, 1.54) is 6.07 Å². The third kappa shape index (κ3) is 1.70. The molecule has 1 aromatic heterocycles. The van der Waals surface area contributed by atoms with Crippen molar-refractivity contribution in [2.45, 2.75) is 5.88 Å². The van der Waals surface area contributed by atoms with Crippen LogP contribution < -0.4 is 5.63 Å². The van der Waals surface area contributed by atoms with Crippen LogP contribution in [0.2, 0.25) is 0 Å². The summed E-state index contributed by atoms with van der Waals surface area (Å²) in [6, 6.07) is 6.94. The Morgan fingerprint density at radius 1 is 1.36 bits per heavy atom. The lowest BCUT2D eigenvalue weighted by Gasteiger charge is -2.01. The maximum Gasteiger partial charge on any atom is 0.336 e. The van der Waals surface area contributed by atoms with Gasteiger partial charge in [-0.1, -0.05) is 15.9 Å². The molecule has 0 atom stereocenters. The Morgan fingerprint density at radius 3 is 2.86 bits per heavy atom. The van der Waals surface area contributed by atoms with Crippen LogP contribution in [0.3, 0.4) is 0 Å². The molecule has 0 amide bonds. The predicted octanol–water partition coefficient (Wildman–Crippen LogP) is 3.29. The van der Waals surface area contributed by atoms with Crippen molar-refractivity contribution >= 4 is 38.5 Å². The molecule has 1 aromatic carbocycles. The lowest BCUT2D eigenvalue weighted by atomic mass is 10.1. The van der Waals surface area contributed by atoms with Crippen LogP contribution >= 0.6 is 27.5 Å². The highest BCUT2D eigenvalue weighted by atomic mass is 79.9. The Bertz CT molecular complexity index is 533. The second kappa shape index (κ2) is 3.75. The molecule has 2 aromatic rings. The Kier molecular flexibility index (Phi) is 2.61. The van der Waals surface area contributed by atoms with E-state index in [0.717, 1.165) is 15.4 Å². The molecule has 0 aliphatic carbocycles. The second-order valence-corrected chi connectivity index (χ2v) is 4.05. The molecule has 0 radical (unpaired) electrons. The average molecular weight is 274 g/mol. The van der Waals surface area contributed by atoms with Gasteiger partial charge in [0, 0.05) is 21.8 Å². The maximum absolute atomic E-state index is 11.1. The van der Waals surface area contributed by atoms with E-state index < -0.39 is 0 Å². The number of alkyl halides is 1. The van der Waals surface area contributed by atoms with Gasteiger partial charge in [0.15, 0.2) is 0 Å². The van der Waals surface area contributed by atoms with E-state index in [2.05, 4.69) is 15.9 Å². The van der Waals surface area contributed by atoms with Gasteiger partial charge in [0.2, 0.25) is 0 Å². The van der Waals surface area contributed by atoms with Gasteiger partial charge in [0.1, 0.15) is 5.58 Å². The van der Waals surface area contributed by atoms with Gasteiger partial charge in [-0.3, -0.25) is 0 Å². The highest BCUT2D eigenvalue weighted by molar-refractivity contribution is 9.10. The zero-order chi connectivity index (χ0) is 10.1. The van der Waals surface area contributed by atoms with Gasteiger partial charge in [-0.15, -0.1) is 11.6 Å². The number of hydrogen-bond donors (Lipinski definition) is 0. The van der Waals surface area contributed by atoms with Gasteiger partial charge in [-0.2, -0.15) is 0 Å². The summed E-state index contributed by atoms with van der Waals surface area (Å²) >= 11 is 9.03. The van der Waals surface area contributed by atoms with E-state index in [4.69, 9.17) is 16.0 Å². The molecule has 14 heavy (non-hydrogen) atoms. The zero-order valence-corrected chi connectivity index (χ0v) is 9.43. The third-order valence-corrected chi connectivity index (χ3v) is 2.72. The van der Waals surface area contributed by atoms with E-state index >= 15 is 0 Å². The fourth-order valence-electron chi connectivity index (χ4n) is 1.31. The molecule has 4 heteroatoms. The second-order valence-electron chi connectivity index (χ2n) is 2.86. The topological polar surface area (TPSA) is 30.2 Å². The van der Waals surface area contributed by atoms with Crippen molar-refractivity contribution in [1.29, 1.82) is 0 Å². The third-order valence-electron chi connectivity index (χ3n) is 1.94. The van der Waals surface area contributed by atoms with Crippen molar-refractivity contribution in [3.05, 3.63) is 44.7 Å². The minimum absolute atomic E-state index is 0.309. The highest BCUT2D eigenvalue weighted by Gasteiger charge is 2.04. The summed E-state index contributed by atoms with van der Waals surface area (Å²) in [6.07, 6.45) is 0. The fourth-order valence-corrected chi connectivity index (χ4v) is 1.88. The molecule has 0 bridgehead atoms. The van der Waals surface area contributed by atoms with Crippen LogP contribution in [0.4, 0.5) is 0 Å².